The minimum Gasteiger partial charge on any atom is -0.275 e. The van der Waals surface area contributed by atoms with E-state index >= 15 is 0 Å². The van der Waals surface area contributed by atoms with Crippen LogP contribution in [0.5, 0.6) is 0 Å². The minimum atomic E-state index is 0.274. The van der Waals surface area contributed by atoms with Crippen molar-refractivity contribution in [3.8, 4) is 0 Å². The SMILES string of the molecule is Cc1nn(C)cc1C(CC1CC1)NN. The van der Waals surface area contributed by atoms with Crippen molar-refractivity contribution >= 4 is 0 Å². The Balaban J connectivity index is 2.12. The number of nitrogens with one attached hydrogen (secondary N) is 1. The van der Waals surface area contributed by atoms with Crippen LogP contribution in [0.3, 0.4) is 0 Å². The second-order valence-corrected chi connectivity index (χ2v) is 4.24. The lowest BCUT2D eigenvalue weighted by Gasteiger charge is -2.14. The van der Waals surface area contributed by atoms with Gasteiger partial charge in [0, 0.05) is 24.8 Å². The summed E-state index contributed by atoms with van der Waals surface area (Å²) in [7, 11) is 1.95. The molecule has 1 atom stereocenters. The predicted molar refractivity (Wildman–Crippen MR) is 55.4 cm³/mol. The van der Waals surface area contributed by atoms with Gasteiger partial charge in [0.25, 0.3) is 0 Å². The summed E-state index contributed by atoms with van der Waals surface area (Å²) in [6, 6.07) is 0.274. The fourth-order valence-corrected chi connectivity index (χ4v) is 1.93. The highest BCUT2D eigenvalue weighted by atomic mass is 15.3. The first-order chi connectivity index (χ1) is 6.70. The van der Waals surface area contributed by atoms with Crippen LogP contribution in [0.2, 0.25) is 0 Å². The predicted octanol–water partition coefficient (Wildman–Crippen LogP) is 1.03. The normalized spacial score (nSPS) is 18.5. The van der Waals surface area contributed by atoms with Gasteiger partial charge in [0.05, 0.1) is 5.69 Å². The number of nitrogens with zero attached hydrogens (tertiary/aromatic N) is 2. The van der Waals surface area contributed by atoms with Gasteiger partial charge in [-0.05, 0) is 19.3 Å². The van der Waals surface area contributed by atoms with Gasteiger partial charge < -0.3 is 0 Å². The van der Waals surface area contributed by atoms with Gasteiger partial charge in [-0.3, -0.25) is 16.0 Å². The zero-order valence-electron chi connectivity index (χ0n) is 8.83. The number of aryl methyl sites for hydroxylation is 2. The lowest BCUT2D eigenvalue weighted by atomic mass is 10.0. The molecule has 2 rings (SSSR count). The Kier molecular flexibility index (Phi) is 2.56. The fourth-order valence-electron chi connectivity index (χ4n) is 1.93. The highest BCUT2D eigenvalue weighted by Crippen LogP contribution is 2.37. The summed E-state index contributed by atoms with van der Waals surface area (Å²) in [6.45, 7) is 2.03. The number of aromatic nitrogens is 2. The molecule has 1 fully saturated rings. The maximum Gasteiger partial charge on any atom is 0.0641 e. The Morgan fingerprint density at radius 3 is 2.86 bits per heavy atom. The number of hydrazine groups is 1. The summed E-state index contributed by atoms with van der Waals surface area (Å²) in [4.78, 5) is 0. The maximum absolute atomic E-state index is 5.57. The highest BCUT2D eigenvalue weighted by Gasteiger charge is 2.27. The van der Waals surface area contributed by atoms with Crippen LogP contribution in [0.15, 0.2) is 6.20 Å². The first-order valence-electron chi connectivity index (χ1n) is 5.17. The average molecular weight is 194 g/mol. The van der Waals surface area contributed by atoms with Crippen molar-refractivity contribution in [2.75, 3.05) is 0 Å². The lowest BCUT2D eigenvalue weighted by molar-refractivity contribution is 0.485. The highest BCUT2D eigenvalue weighted by molar-refractivity contribution is 5.20. The Bertz CT molecular complexity index is 314. The lowest BCUT2D eigenvalue weighted by Crippen LogP contribution is -2.28. The van der Waals surface area contributed by atoms with Gasteiger partial charge in [0.15, 0.2) is 0 Å². The molecule has 78 valence electrons. The third-order valence-corrected chi connectivity index (χ3v) is 2.89. The van der Waals surface area contributed by atoms with Crippen molar-refractivity contribution in [3.63, 3.8) is 0 Å². The quantitative estimate of drug-likeness (QED) is 0.556. The molecule has 0 amide bonds. The van der Waals surface area contributed by atoms with E-state index < -0.39 is 0 Å². The molecular weight excluding hydrogens is 176 g/mol. The van der Waals surface area contributed by atoms with Crippen molar-refractivity contribution in [1.82, 2.24) is 15.2 Å². The molecule has 0 bridgehead atoms. The van der Waals surface area contributed by atoms with E-state index in [9.17, 15) is 0 Å². The molecule has 0 aromatic carbocycles. The van der Waals surface area contributed by atoms with Gasteiger partial charge in [0.1, 0.15) is 0 Å². The van der Waals surface area contributed by atoms with Crippen LogP contribution >= 0.6 is 0 Å². The summed E-state index contributed by atoms with van der Waals surface area (Å²) >= 11 is 0. The summed E-state index contributed by atoms with van der Waals surface area (Å²) in [5, 5.41) is 4.33. The molecule has 1 heterocycles. The Morgan fingerprint density at radius 2 is 2.43 bits per heavy atom. The van der Waals surface area contributed by atoms with Crippen molar-refractivity contribution < 1.29 is 0 Å². The molecule has 4 nitrogen and oxygen atoms in total. The largest absolute Gasteiger partial charge is 0.275 e. The van der Waals surface area contributed by atoms with E-state index in [-0.39, 0.29) is 6.04 Å². The molecule has 0 saturated heterocycles. The van der Waals surface area contributed by atoms with E-state index in [1.165, 1.54) is 18.4 Å². The van der Waals surface area contributed by atoms with Gasteiger partial charge in [-0.25, -0.2) is 0 Å². The molecule has 1 aromatic rings. The Labute approximate surface area is 84.4 Å². The van der Waals surface area contributed by atoms with Crippen molar-refractivity contribution in [3.05, 3.63) is 17.5 Å². The minimum absolute atomic E-state index is 0.274. The van der Waals surface area contributed by atoms with Crippen molar-refractivity contribution in [2.24, 2.45) is 18.8 Å². The zero-order chi connectivity index (χ0) is 10.1. The molecular formula is C10H18N4. The monoisotopic (exact) mass is 194 g/mol. The number of hydrogen-bond donors (Lipinski definition) is 2. The van der Waals surface area contributed by atoms with Gasteiger partial charge in [-0.15, -0.1) is 0 Å². The maximum atomic E-state index is 5.57. The second-order valence-electron chi connectivity index (χ2n) is 4.24. The second kappa shape index (κ2) is 3.71. The molecule has 1 aliphatic rings. The fraction of sp³-hybridized carbons (Fsp3) is 0.700. The molecule has 1 aromatic heterocycles. The van der Waals surface area contributed by atoms with E-state index in [0.29, 0.717) is 0 Å². The summed E-state index contributed by atoms with van der Waals surface area (Å²) in [5.74, 6) is 6.44. The van der Waals surface area contributed by atoms with Crippen molar-refractivity contribution in [2.45, 2.75) is 32.2 Å². The van der Waals surface area contributed by atoms with E-state index in [2.05, 4.69) is 16.7 Å². The molecule has 0 aliphatic heterocycles. The molecule has 1 aliphatic carbocycles. The molecule has 0 spiro atoms. The number of rotatable bonds is 4. The molecule has 3 N–H and O–H groups in total. The van der Waals surface area contributed by atoms with Crippen LogP contribution in [0.4, 0.5) is 0 Å². The van der Waals surface area contributed by atoms with Gasteiger partial charge in [-0.2, -0.15) is 5.10 Å². The molecule has 1 unspecified atom stereocenters. The first kappa shape index (κ1) is 9.68. The topological polar surface area (TPSA) is 55.9 Å². The average Bonchev–Trinajstić information content (AvgIpc) is 2.89. The standard InChI is InChI=1S/C10H18N4/c1-7-9(6-14(2)13-7)10(12-11)5-8-3-4-8/h6,8,10,12H,3-5,11H2,1-2H3. The van der Waals surface area contributed by atoms with E-state index in [1.807, 2.05) is 18.7 Å². The van der Waals surface area contributed by atoms with E-state index in [0.717, 1.165) is 18.0 Å². The number of nitrogens with two attached hydrogens (primary N) is 1. The van der Waals surface area contributed by atoms with E-state index in [1.54, 1.807) is 0 Å². The van der Waals surface area contributed by atoms with Gasteiger partial charge in [0.2, 0.25) is 0 Å². The Morgan fingerprint density at radius 1 is 1.71 bits per heavy atom. The van der Waals surface area contributed by atoms with Crippen LogP contribution in [0.1, 0.15) is 36.6 Å². The van der Waals surface area contributed by atoms with Gasteiger partial charge >= 0.3 is 0 Å². The molecule has 14 heavy (non-hydrogen) atoms. The third kappa shape index (κ3) is 1.96. The van der Waals surface area contributed by atoms with Crippen LogP contribution in [-0.2, 0) is 7.05 Å². The third-order valence-electron chi connectivity index (χ3n) is 2.89. The molecule has 0 radical (unpaired) electrons. The van der Waals surface area contributed by atoms with Crippen molar-refractivity contribution in [1.29, 1.82) is 0 Å². The van der Waals surface area contributed by atoms with Crippen LogP contribution in [0.25, 0.3) is 0 Å². The smallest absolute Gasteiger partial charge is 0.0641 e. The van der Waals surface area contributed by atoms with Crippen LogP contribution < -0.4 is 11.3 Å². The Hall–Kier alpha value is -0.870. The van der Waals surface area contributed by atoms with E-state index in [4.69, 9.17) is 5.84 Å². The van der Waals surface area contributed by atoms with Crippen LogP contribution in [0, 0.1) is 12.8 Å². The van der Waals surface area contributed by atoms with Gasteiger partial charge in [-0.1, -0.05) is 12.8 Å². The first-order valence-corrected chi connectivity index (χ1v) is 5.17. The zero-order valence-corrected chi connectivity index (χ0v) is 8.83. The summed E-state index contributed by atoms with van der Waals surface area (Å²) in [5.41, 5.74) is 5.21. The number of hydrogen-bond acceptors (Lipinski definition) is 3. The molecule has 4 heteroatoms. The summed E-state index contributed by atoms with van der Waals surface area (Å²) in [6.07, 6.45) is 5.92. The molecule has 1 saturated carbocycles. The van der Waals surface area contributed by atoms with Crippen LogP contribution in [-0.4, -0.2) is 9.78 Å². The summed E-state index contributed by atoms with van der Waals surface area (Å²) < 4.78 is 1.85.